The standard InChI is InChI=1S/C15H20N4O3/c20-14(21)9-19(8-10-1-2-10)12-5-11(6-12)18-15(22)13-7-16-3-4-17-13/h3-4,7,10-12H,1-2,5-6,8-9H2,(H,18,22)(H,20,21). The Hall–Kier alpha value is -2.02. The second kappa shape index (κ2) is 6.39. The van der Waals surface area contributed by atoms with E-state index >= 15 is 0 Å². The quantitative estimate of drug-likeness (QED) is 0.763. The van der Waals surface area contributed by atoms with Gasteiger partial charge in [-0.2, -0.15) is 0 Å². The molecule has 7 heteroatoms. The van der Waals surface area contributed by atoms with Crippen molar-refractivity contribution in [2.75, 3.05) is 13.1 Å². The molecule has 0 radical (unpaired) electrons. The average molecular weight is 304 g/mol. The summed E-state index contributed by atoms with van der Waals surface area (Å²) in [5.74, 6) is -0.344. The van der Waals surface area contributed by atoms with Crippen molar-refractivity contribution in [2.24, 2.45) is 5.92 Å². The fraction of sp³-hybridized carbons (Fsp3) is 0.600. The van der Waals surface area contributed by atoms with Gasteiger partial charge in [-0.1, -0.05) is 0 Å². The Balaban J connectivity index is 1.47. The first-order valence-electron chi connectivity index (χ1n) is 7.64. The molecule has 2 saturated carbocycles. The van der Waals surface area contributed by atoms with E-state index in [1.165, 1.54) is 31.4 Å². The Morgan fingerprint density at radius 3 is 2.68 bits per heavy atom. The highest BCUT2D eigenvalue weighted by Crippen LogP contribution is 2.33. The predicted octanol–water partition coefficient (Wildman–Crippen LogP) is 0.534. The van der Waals surface area contributed by atoms with Crippen molar-refractivity contribution in [3.05, 3.63) is 24.3 Å². The first-order chi connectivity index (χ1) is 10.6. The number of carboxylic acid groups (broad SMARTS) is 1. The summed E-state index contributed by atoms with van der Waals surface area (Å²) in [6.07, 6.45) is 8.46. The molecule has 3 rings (SSSR count). The average Bonchev–Trinajstić information content (AvgIpc) is 3.26. The van der Waals surface area contributed by atoms with Crippen LogP contribution in [0, 0.1) is 5.92 Å². The molecule has 0 aliphatic heterocycles. The summed E-state index contributed by atoms with van der Waals surface area (Å²) in [7, 11) is 0. The van der Waals surface area contributed by atoms with Crippen LogP contribution in [0.3, 0.4) is 0 Å². The third-order valence-corrected chi connectivity index (χ3v) is 4.29. The summed E-state index contributed by atoms with van der Waals surface area (Å²) >= 11 is 0. The Labute approximate surface area is 128 Å². The van der Waals surface area contributed by atoms with Crippen LogP contribution in [0.2, 0.25) is 0 Å². The molecular weight excluding hydrogens is 284 g/mol. The molecule has 2 N–H and O–H groups in total. The Morgan fingerprint density at radius 2 is 2.09 bits per heavy atom. The number of nitrogens with zero attached hydrogens (tertiary/aromatic N) is 3. The van der Waals surface area contributed by atoms with Gasteiger partial charge in [0.2, 0.25) is 0 Å². The monoisotopic (exact) mass is 304 g/mol. The number of aliphatic carboxylic acids is 1. The van der Waals surface area contributed by atoms with Crippen molar-refractivity contribution in [1.29, 1.82) is 0 Å². The minimum absolute atomic E-state index is 0.0893. The lowest BCUT2D eigenvalue weighted by Gasteiger charge is -2.42. The van der Waals surface area contributed by atoms with Gasteiger partial charge in [0.15, 0.2) is 0 Å². The molecule has 0 atom stereocenters. The van der Waals surface area contributed by atoms with Crippen molar-refractivity contribution in [3.8, 4) is 0 Å². The zero-order chi connectivity index (χ0) is 15.5. The van der Waals surface area contributed by atoms with Gasteiger partial charge in [0, 0.05) is 31.0 Å². The molecule has 7 nitrogen and oxygen atoms in total. The van der Waals surface area contributed by atoms with E-state index in [1.807, 2.05) is 4.90 Å². The zero-order valence-electron chi connectivity index (χ0n) is 12.3. The van der Waals surface area contributed by atoms with Crippen LogP contribution in [-0.4, -0.2) is 57.0 Å². The molecule has 1 aromatic heterocycles. The fourth-order valence-corrected chi connectivity index (χ4v) is 2.83. The number of carbonyl (C=O) groups excluding carboxylic acids is 1. The lowest BCUT2D eigenvalue weighted by atomic mass is 9.85. The van der Waals surface area contributed by atoms with Crippen LogP contribution in [-0.2, 0) is 4.79 Å². The Morgan fingerprint density at radius 1 is 1.32 bits per heavy atom. The summed E-state index contributed by atoms with van der Waals surface area (Å²) in [5, 5.41) is 11.9. The van der Waals surface area contributed by atoms with E-state index in [4.69, 9.17) is 5.11 Å². The van der Waals surface area contributed by atoms with Crippen LogP contribution >= 0.6 is 0 Å². The van der Waals surface area contributed by atoms with Gasteiger partial charge in [0.05, 0.1) is 12.7 Å². The summed E-state index contributed by atoms with van der Waals surface area (Å²) < 4.78 is 0. The van der Waals surface area contributed by atoms with Crippen LogP contribution in [0.25, 0.3) is 0 Å². The zero-order valence-corrected chi connectivity index (χ0v) is 12.3. The second-order valence-electron chi connectivity index (χ2n) is 6.15. The second-order valence-corrected chi connectivity index (χ2v) is 6.15. The van der Waals surface area contributed by atoms with E-state index in [-0.39, 0.29) is 24.5 Å². The van der Waals surface area contributed by atoms with E-state index in [2.05, 4.69) is 15.3 Å². The van der Waals surface area contributed by atoms with Crippen molar-refractivity contribution >= 4 is 11.9 Å². The molecule has 118 valence electrons. The Kier molecular flexibility index (Phi) is 4.33. The van der Waals surface area contributed by atoms with Crippen LogP contribution < -0.4 is 5.32 Å². The van der Waals surface area contributed by atoms with Crippen LogP contribution in [0.5, 0.6) is 0 Å². The SMILES string of the molecule is O=C(O)CN(CC1CC1)C1CC(NC(=O)c2cnccn2)C1. The van der Waals surface area contributed by atoms with Gasteiger partial charge < -0.3 is 10.4 Å². The van der Waals surface area contributed by atoms with E-state index in [9.17, 15) is 9.59 Å². The predicted molar refractivity (Wildman–Crippen MR) is 78.2 cm³/mol. The lowest BCUT2D eigenvalue weighted by molar-refractivity contribution is -0.139. The van der Waals surface area contributed by atoms with Crippen molar-refractivity contribution < 1.29 is 14.7 Å². The topological polar surface area (TPSA) is 95.4 Å². The molecule has 1 aromatic rings. The normalized spacial score (nSPS) is 23.9. The summed E-state index contributed by atoms with van der Waals surface area (Å²) in [5.41, 5.74) is 0.311. The molecule has 1 heterocycles. The van der Waals surface area contributed by atoms with Gasteiger partial charge in [-0.15, -0.1) is 0 Å². The minimum Gasteiger partial charge on any atom is -0.480 e. The van der Waals surface area contributed by atoms with E-state index in [0.29, 0.717) is 11.6 Å². The molecule has 2 aliphatic rings. The Bertz CT molecular complexity index is 541. The maximum Gasteiger partial charge on any atom is 0.317 e. The first-order valence-corrected chi connectivity index (χ1v) is 7.64. The maximum atomic E-state index is 12.0. The van der Waals surface area contributed by atoms with Crippen LogP contribution in [0.1, 0.15) is 36.2 Å². The molecule has 2 aliphatic carbocycles. The highest BCUT2D eigenvalue weighted by Gasteiger charge is 2.37. The highest BCUT2D eigenvalue weighted by molar-refractivity contribution is 5.92. The fourth-order valence-electron chi connectivity index (χ4n) is 2.83. The molecule has 0 spiro atoms. The number of hydrogen-bond acceptors (Lipinski definition) is 5. The smallest absolute Gasteiger partial charge is 0.317 e. The van der Waals surface area contributed by atoms with E-state index in [1.54, 1.807) is 0 Å². The summed E-state index contributed by atoms with van der Waals surface area (Å²) in [6, 6.07) is 0.346. The molecule has 22 heavy (non-hydrogen) atoms. The molecule has 2 fully saturated rings. The lowest BCUT2D eigenvalue weighted by Crippen LogP contribution is -2.55. The number of rotatable bonds is 7. The molecule has 0 bridgehead atoms. The molecule has 0 unspecified atom stereocenters. The number of amides is 1. The third kappa shape index (κ3) is 3.79. The van der Waals surface area contributed by atoms with Crippen LogP contribution in [0.4, 0.5) is 0 Å². The van der Waals surface area contributed by atoms with Gasteiger partial charge >= 0.3 is 5.97 Å². The minimum atomic E-state index is -0.785. The van der Waals surface area contributed by atoms with Gasteiger partial charge in [-0.25, -0.2) is 4.98 Å². The molecule has 0 aromatic carbocycles. The van der Waals surface area contributed by atoms with Crippen molar-refractivity contribution in [1.82, 2.24) is 20.2 Å². The van der Waals surface area contributed by atoms with Crippen LogP contribution in [0.15, 0.2) is 18.6 Å². The van der Waals surface area contributed by atoms with Crippen molar-refractivity contribution in [3.63, 3.8) is 0 Å². The van der Waals surface area contributed by atoms with E-state index < -0.39 is 5.97 Å². The summed E-state index contributed by atoms with van der Waals surface area (Å²) in [4.78, 5) is 32.8. The van der Waals surface area contributed by atoms with Gasteiger partial charge in [0.25, 0.3) is 5.91 Å². The largest absolute Gasteiger partial charge is 0.480 e. The third-order valence-electron chi connectivity index (χ3n) is 4.29. The maximum absolute atomic E-state index is 12.0. The number of aromatic nitrogens is 2. The summed E-state index contributed by atoms with van der Waals surface area (Å²) in [6.45, 7) is 0.952. The van der Waals surface area contributed by atoms with Gasteiger partial charge in [0.1, 0.15) is 5.69 Å². The number of carbonyl (C=O) groups is 2. The molecular formula is C15H20N4O3. The highest BCUT2D eigenvalue weighted by atomic mass is 16.4. The number of nitrogens with one attached hydrogen (secondary N) is 1. The molecule has 1 amide bonds. The van der Waals surface area contributed by atoms with Gasteiger partial charge in [-0.05, 0) is 31.6 Å². The first kappa shape index (κ1) is 14.9. The molecule has 0 saturated heterocycles. The van der Waals surface area contributed by atoms with E-state index in [0.717, 1.165) is 19.4 Å². The van der Waals surface area contributed by atoms with Crippen molar-refractivity contribution in [2.45, 2.75) is 37.8 Å². The number of hydrogen-bond donors (Lipinski definition) is 2. The number of carboxylic acids is 1. The van der Waals surface area contributed by atoms with Gasteiger partial charge in [-0.3, -0.25) is 19.5 Å².